The topological polar surface area (TPSA) is 51.2 Å². The average Bonchev–Trinajstić information content (AvgIpc) is 2.37. The molecule has 1 amide bonds. The number of amides is 1. The molecule has 0 spiro atoms. The Bertz CT molecular complexity index is 246. The number of ether oxygens (including phenoxy) is 1. The molecule has 0 aromatic carbocycles. The first kappa shape index (κ1) is 8.99. The van der Waals surface area contributed by atoms with E-state index < -0.39 is 6.09 Å². The van der Waals surface area contributed by atoms with E-state index in [0.717, 1.165) is 0 Å². The summed E-state index contributed by atoms with van der Waals surface area (Å²) in [5.74, 6) is 0. The molecule has 12 heavy (non-hydrogen) atoms. The highest BCUT2D eigenvalue weighted by atomic mass is 32.1. The van der Waals surface area contributed by atoms with E-state index in [1.807, 2.05) is 0 Å². The summed E-state index contributed by atoms with van der Waals surface area (Å²) in [6.45, 7) is 3.59. The fraction of sp³-hybridized carbons (Fsp3) is 0.429. The zero-order chi connectivity index (χ0) is 8.97. The van der Waals surface area contributed by atoms with Gasteiger partial charge in [-0.1, -0.05) is 0 Å². The lowest BCUT2D eigenvalue weighted by atomic mass is 10.5. The van der Waals surface area contributed by atoms with Gasteiger partial charge < -0.3 is 4.74 Å². The lowest BCUT2D eigenvalue weighted by Crippen LogP contribution is -2.17. The molecule has 0 aliphatic rings. The highest BCUT2D eigenvalue weighted by Crippen LogP contribution is 2.10. The smallest absolute Gasteiger partial charge is 0.413 e. The minimum Gasteiger partial charge on any atom is -0.447 e. The Morgan fingerprint density at radius 1 is 1.75 bits per heavy atom. The predicted molar refractivity (Wildman–Crippen MR) is 47.4 cm³/mol. The van der Waals surface area contributed by atoms with Crippen LogP contribution in [0, 0.1) is 0 Å². The monoisotopic (exact) mass is 186 g/mol. The van der Waals surface area contributed by atoms with Crippen molar-refractivity contribution in [1.29, 1.82) is 0 Å². The van der Waals surface area contributed by atoms with Gasteiger partial charge in [0.15, 0.2) is 5.13 Å². The van der Waals surface area contributed by atoms with Crippen LogP contribution in [0.15, 0.2) is 11.6 Å². The summed E-state index contributed by atoms with van der Waals surface area (Å²) in [6, 6.07) is 0. The van der Waals surface area contributed by atoms with Crippen molar-refractivity contribution in [1.82, 2.24) is 4.98 Å². The second kappa shape index (κ2) is 4.06. The Morgan fingerprint density at radius 3 is 3.00 bits per heavy atom. The number of hydrogen-bond acceptors (Lipinski definition) is 4. The highest BCUT2D eigenvalue weighted by Gasteiger charge is 2.05. The summed E-state index contributed by atoms with van der Waals surface area (Å²) in [4.78, 5) is 14.8. The zero-order valence-corrected chi connectivity index (χ0v) is 7.72. The molecule has 1 rings (SSSR count). The summed E-state index contributed by atoms with van der Waals surface area (Å²) in [7, 11) is 0. The van der Waals surface area contributed by atoms with E-state index in [1.165, 1.54) is 11.3 Å². The van der Waals surface area contributed by atoms with Gasteiger partial charge in [-0.15, -0.1) is 11.3 Å². The van der Waals surface area contributed by atoms with Crippen LogP contribution >= 0.6 is 11.3 Å². The number of nitrogens with one attached hydrogen (secondary N) is 1. The zero-order valence-electron chi connectivity index (χ0n) is 6.90. The summed E-state index contributed by atoms with van der Waals surface area (Å²) in [5, 5.41) is 4.84. The molecule has 0 aliphatic carbocycles. The average molecular weight is 186 g/mol. The second-order valence-corrected chi connectivity index (χ2v) is 3.31. The van der Waals surface area contributed by atoms with Crippen molar-refractivity contribution in [2.75, 3.05) is 5.32 Å². The summed E-state index contributed by atoms with van der Waals surface area (Å²) in [6.07, 6.45) is 1.06. The van der Waals surface area contributed by atoms with Crippen LogP contribution in [0.1, 0.15) is 13.8 Å². The normalized spacial score (nSPS) is 9.92. The fourth-order valence-corrected chi connectivity index (χ4v) is 1.13. The number of rotatable bonds is 2. The summed E-state index contributed by atoms with van der Waals surface area (Å²) >= 11 is 1.36. The van der Waals surface area contributed by atoms with Crippen LogP contribution in [0.3, 0.4) is 0 Å². The van der Waals surface area contributed by atoms with Crippen LogP contribution in [0.2, 0.25) is 0 Å². The molecule has 5 heteroatoms. The third-order valence-corrected chi connectivity index (χ3v) is 1.67. The van der Waals surface area contributed by atoms with E-state index in [1.54, 1.807) is 25.4 Å². The van der Waals surface area contributed by atoms with Gasteiger partial charge in [0.05, 0.1) is 6.10 Å². The number of anilines is 1. The number of thiazole rings is 1. The quantitative estimate of drug-likeness (QED) is 0.769. The molecule has 1 aromatic heterocycles. The Labute approximate surface area is 74.6 Å². The van der Waals surface area contributed by atoms with Crippen LogP contribution < -0.4 is 5.32 Å². The van der Waals surface area contributed by atoms with Gasteiger partial charge in [-0.2, -0.15) is 0 Å². The van der Waals surface area contributed by atoms with Gasteiger partial charge in [0.1, 0.15) is 0 Å². The van der Waals surface area contributed by atoms with E-state index in [0.29, 0.717) is 5.13 Å². The first-order chi connectivity index (χ1) is 5.68. The Balaban J connectivity index is 2.37. The van der Waals surface area contributed by atoms with Gasteiger partial charge in [-0.05, 0) is 13.8 Å². The molecular formula is C7H10N2O2S. The van der Waals surface area contributed by atoms with Gasteiger partial charge in [0.2, 0.25) is 0 Å². The minimum atomic E-state index is -0.458. The standard InChI is InChI=1S/C7H10N2O2S/c1-5(2)11-7(10)9-6-8-3-4-12-6/h3-5H,1-2H3,(H,8,9,10). The van der Waals surface area contributed by atoms with E-state index in [-0.39, 0.29) is 6.10 Å². The second-order valence-electron chi connectivity index (χ2n) is 2.42. The molecule has 1 N–H and O–H groups in total. The van der Waals surface area contributed by atoms with Crippen molar-refractivity contribution >= 4 is 22.6 Å². The van der Waals surface area contributed by atoms with Crippen LogP contribution in [0.4, 0.5) is 9.93 Å². The van der Waals surface area contributed by atoms with Crippen molar-refractivity contribution in [2.45, 2.75) is 20.0 Å². The lowest BCUT2D eigenvalue weighted by molar-refractivity contribution is 0.130. The van der Waals surface area contributed by atoms with E-state index in [9.17, 15) is 4.79 Å². The maximum Gasteiger partial charge on any atom is 0.413 e. The number of carbonyl (C=O) groups is 1. The molecule has 0 fully saturated rings. The van der Waals surface area contributed by atoms with Crippen molar-refractivity contribution < 1.29 is 9.53 Å². The van der Waals surface area contributed by atoms with E-state index >= 15 is 0 Å². The van der Waals surface area contributed by atoms with Gasteiger partial charge in [-0.25, -0.2) is 9.78 Å². The molecular weight excluding hydrogens is 176 g/mol. The van der Waals surface area contributed by atoms with Crippen LogP contribution in [0.5, 0.6) is 0 Å². The Hall–Kier alpha value is -1.10. The van der Waals surface area contributed by atoms with Gasteiger partial charge in [0.25, 0.3) is 0 Å². The Morgan fingerprint density at radius 2 is 2.50 bits per heavy atom. The van der Waals surface area contributed by atoms with Crippen LogP contribution in [0.25, 0.3) is 0 Å². The highest BCUT2D eigenvalue weighted by molar-refractivity contribution is 7.13. The number of nitrogens with zero attached hydrogens (tertiary/aromatic N) is 1. The van der Waals surface area contributed by atoms with E-state index in [4.69, 9.17) is 4.74 Å². The summed E-state index contributed by atoms with van der Waals surface area (Å²) in [5.41, 5.74) is 0. The SMILES string of the molecule is CC(C)OC(=O)Nc1nccs1. The summed E-state index contributed by atoms with van der Waals surface area (Å²) < 4.78 is 4.84. The first-order valence-electron chi connectivity index (χ1n) is 3.55. The third kappa shape index (κ3) is 2.87. The molecule has 0 aliphatic heterocycles. The Kier molecular flexibility index (Phi) is 3.04. The molecule has 4 nitrogen and oxygen atoms in total. The fourth-order valence-electron chi connectivity index (χ4n) is 0.616. The maximum absolute atomic E-state index is 11.0. The number of aromatic nitrogens is 1. The number of carbonyl (C=O) groups excluding carboxylic acids is 1. The predicted octanol–water partition coefficient (Wildman–Crippen LogP) is 2.10. The molecule has 66 valence electrons. The molecule has 0 radical (unpaired) electrons. The molecule has 0 bridgehead atoms. The van der Waals surface area contributed by atoms with Gasteiger partial charge in [-0.3, -0.25) is 5.32 Å². The largest absolute Gasteiger partial charge is 0.447 e. The first-order valence-corrected chi connectivity index (χ1v) is 4.43. The van der Waals surface area contributed by atoms with Crippen LogP contribution in [-0.2, 0) is 4.74 Å². The van der Waals surface area contributed by atoms with Crippen molar-refractivity contribution in [3.8, 4) is 0 Å². The molecule has 0 atom stereocenters. The minimum absolute atomic E-state index is 0.107. The molecule has 0 saturated heterocycles. The molecule has 0 saturated carbocycles. The number of hydrogen-bond donors (Lipinski definition) is 1. The van der Waals surface area contributed by atoms with Gasteiger partial charge in [0, 0.05) is 11.6 Å². The van der Waals surface area contributed by atoms with E-state index in [2.05, 4.69) is 10.3 Å². The maximum atomic E-state index is 11.0. The molecule has 0 unspecified atom stereocenters. The van der Waals surface area contributed by atoms with Crippen molar-refractivity contribution in [3.63, 3.8) is 0 Å². The lowest BCUT2D eigenvalue weighted by Gasteiger charge is -2.06. The molecule has 1 heterocycles. The van der Waals surface area contributed by atoms with Gasteiger partial charge >= 0.3 is 6.09 Å². The van der Waals surface area contributed by atoms with Crippen LogP contribution in [-0.4, -0.2) is 17.2 Å². The third-order valence-electron chi connectivity index (χ3n) is 0.984. The van der Waals surface area contributed by atoms with Crippen molar-refractivity contribution in [2.24, 2.45) is 0 Å². The molecule has 1 aromatic rings. The van der Waals surface area contributed by atoms with Crippen molar-refractivity contribution in [3.05, 3.63) is 11.6 Å².